The Morgan fingerprint density at radius 2 is 1.67 bits per heavy atom. The van der Waals surface area contributed by atoms with E-state index >= 15 is 0 Å². The number of carbonyl (C=O) groups is 2. The molecule has 5 radical (unpaired) electrons. The quantitative estimate of drug-likeness (QED) is 0.733. The molecule has 0 aliphatic heterocycles. The van der Waals surface area contributed by atoms with Crippen molar-refractivity contribution in [3.63, 3.8) is 0 Å². The summed E-state index contributed by atoms with van der Waals surface area (Å²) in [5.74, 6) is 0.471. The number of alkyl carbamates (subject to hydrolysis) is 1. The zero-order chi connectivity index (χ0) is 13.6. The molecule has 2 N–H and O–H groups in total. The lowest BCUT2D eigenvalue weighted by Crippen LogP contribution is -2.39. The first-order valence-corrected chi connectivity index (χ1v) is 5.85. The Kier molecular flexibility index (Phi) is 5.44. The average Bonchev–Trinajstić information content (AvgIpc) is 2.74. The van der Waals surface area contributed by atoms with E-state index in [4.69, 9.17) is 4.74 Å². The summed E-state index contributed by atoms with van der Waals surface area (Å²) in [5, 5.41) is 5.26. The van der Waals surface area contributed by atoms with Gasteiger partial charge in [0.05, 0.1) is 5.92 Å². The Hall–Kier alpha value is -1.26. The van der Waals surface area contributed by atoms with Crippen LogP contribution in [0, 0.1) is 31.6 Å². The van der Waals surface area contributed by atoms with Gasteiger partial charge in [0.1, 0.15) is 5.60 Å². The zero-order valence-electron chi connectivity index (χ0n) is 10.9. The Labute approximate surface area is 109 Å². The van der Waals surface area contributed by atoms with Gasteiger partial charge in [-0.15, -0.1) is 0 Å². The van der Waals surface area contributed by atoms with Gasteiger partial charge < -0.3 is 15.4 Å². The normalized spacial score (nSPS) is 16.4. The molecule has 2 amide bonds. The first kappa shape index (κ1) is 14.8. The maximum Gasteiger partial charge on any atom is 0.407 e. The molecule has 0 unspecified atom stereocenters. The van der Waals surface area contributed by atoms with E-state index in [0.29, 0.717) is 19.0 Å². The molecule has 0 spiro atoms. The summed E-state index contributed by atoms with van der Waals surface area (Å²) >= 11 is 0. The van der Waals surface area contributed by atoms with Crippen molar-refractivity contribution in [3.8, 4) is 0 Å². The van der Waals surface area contributed by atoms with Gasteiger partial charge in [-0.1, -0.05) is 0 Å². The van der Waals surface area contributed by atoms with Gasteiger partial charge in [-0.05, 0) is 46.5 Å². The SMILES string of the molecule is CC(C)(C)OC(=O)NCCNC(=O)[C]1[CH][CH][CH][CH]1. The van der Waals surface area contributed by atoms with E-state index in [1.54, 1.807) is 46.5 Å². The van der Waals surface area contributed by atoms with Gasteiger partial charge in [-0.2, -0.15) is 0 Å². The minimum Gasteiger partial charge on any atom is -0.444 e. The Morgan fingerprint density at radius 3 is 2.22 bits per heavy atom. The highest BCUT2D eigenvalue weighted by Crippen LogP contribution is 2.22. The predicted molar refractivity (Wildman–Crippen MR) is 67.7 cm³/mol. The van der Waals surface area contributed by atoms with E-state index in [0.717, 1.165) is 0 Å². The lowest BCUT2D eigenvalue weighted by atomic mass is 10.1. The molecule has 5 heteroatoms. The van der Waals surface area contributed by atoms with E-state index in [1.165, 1.54) is 0 Å². The third-order valence-corrected chi connectivity index (χ3v) is 2.00. The van der Waals surface area contributed by atoms with Gasteiger partial charge >= 0.3 is 6.09 Å². The van der Waals surface area contributed by atoms with Gasteiger partial charge in [0.15, 0.2) is 0 Å². The van der Waals surface area contributed by atoms with Gasteiger partial charge in [-0.3, -0.25) is 4.79 Å². The molecule has 1 aliphatic rings. The van der Waals surface area contributed by atoms with Crippen molar-refractivity contribution in [1.82, 2.24) is 10.6 Å². The fourth-order valence-corrected chi connectivity index (χ4v) is 1.28. The number of hydrogen-bond donors (Lipinski definition) is 2. The van der Waals surface area contributed by atoms with Crippen molar-refractivity contribution in [2.45, 2.75) is 26.4 Å². The van der Waals surface area contributed by atoms with Crippen molar-refractivity contribution >= 4 is 12.0 Å². The van der Waals surface area contributed by atoms with Crippen LogP contribution in [0.25, 0.3) is 0 Å². The topological polar surface area (TPSA) is 67.4 Å². The highest BCUT2D eigenvalue weighted by molar-refractivity contribution is 5.95. The zero-order valence-corrected chi connectivity index (χ0v) is 10.9. The lowest BCUT2D eigenvalue weighted by molar-refractivity contribution is -0.118. The second-order valence-electron chi connectivity index (χ2n) is 4.86. The number of rotatable bonds is 4. The molecule has 0 aromatic rings. The van der Waals surface area contributed by atoms with Crippen LogP contribution >= 0.6 is 0 Å². The molecule has 1 fully saturated rings. The number of nitrogens with one attached hydrogen (secondary N) is 2. The standard InChI is InChI=1S/C13H19N2O3/c1-13(2,3)18-12(17)15-9-8-14-11(16)10-6-4-5-7-10/h4-7H,8-9H2,1-3H3,(H,14,16)(H,15,17). The third kappa shape index (κ3) is 5.89. The molecule has 0 aromatic heterocycles. The van der Waals surface area contributed by atoms with Crippen LogP contribution in [0.4, 0.5) is 4.79 Å². The van der Waals surface area contributed by atoms with Gasteiger partial charge in [0, 0.05) is 13.1 Å². The number of hydrogen-bond acceptors (Lipinski definition) is 3. The van der Waals surface area contributed by atoms with E-state index in [-0.39, 0.29) is 5.91 Å². The van der Waals surface area contributed by atoms with Gasteiger partial charge in [0.25, 0.3) is 0 Å². The van der Waals surface area contributed by atoms with Crippen molar-refractivity contribution in [1.29, 1.82) is 0 Å². The van der Waals surface area contributed by atoms with Gasteiger partial charge in [0.2, 0.25) is 5.91 Å². The highest BCUT2D eigenvalue weighted by atomic mass is 16.6. The summed E-state index contributed by atoms with van der Waals surface area (Å²) in [5.41, 5.74) is -0.511. The molecule has 1 saturated carbocycles. The Balaban J connectivity index is 2.07. The van der Waals surface area contributed by atoms with Crippen LogP contribution in [-0.2, 0) is 9.53 Å². The van der Waals surface area contributed by atoms with Gasteiger partial charge in [-0.25, -0.2) is 4.79 Å². The van der Waals surface area contributed by atoms with Crippen LogP contribution in [0.1, 0.15) is 20.8 Å². The van der Waals surface area contributed by atoms with Crippen molar-refractivity contribution in [3.05, 3.63) is 31.6 Å². The number of ether oxygens (including phenoxy) is 1. The monoisotopic (exact) mass is 251 g/mol. The number of amides is 2. The van der Waals surface area contributed by atoms with E-state index in [2.05, 4.69) is 10.6 Å². The summed E-state index contributed by atoms with van der Waals surface area (Å²) in [6, 6.07) is 0. The summed E-state index contributed by atoms with van der Waals surface area (Å²) < 4.78 is 5.05. The molecule has 99 valence electrons. The van der Waals surface area contributed by atoms with Crippen LogP contribution in [0.3, 0.4) is 0 Å². The smallest absolute Gasteiger partial charge is 0.407 e. The molecule has 0 bridgehead atoms. The lowest BCUT2D eigenvalue weighted by Gasteiger charge is -2.19. The van der Waals surface area contributed by atoms with E-state index in [1.807, 2.05) is 0 Å². The summed E-state index contributed by atoms with van der Waals surface area (Å²) in [4.78, 5) is 22.8. The summed E-state index contributed by atoms with van der Waals surface area (Å²) in [6.45, 7) is 6.09. The Morgan fingerprint density at radius 1 is 1.11 bits per heavy atom. The van der Waals surface area contributed by atoms with Crippen LogP contribution in [0.5, 0.6) is 0 Å². The van der Waals surface area contributed by atoms with E-state index < -0.39 is 11.7 Å². The van der Waals surface area contributed by atoms with Crippen molar-refractivity contribution in [2.75, 3.05) is 13.1 Å². The molecule has 1 aliphatic carbocycles. The second-order valence-corrected chi connectivity index (χ2v) is 4.86. The fourth-order valence-electron chi connectivity index (χ4n) is 1.28. The highest BCUT2D eigenvalue weighted by Gasteiger charge is 2.24. The first-order chi connectivity index (χ1) is 8.38. The fraction of sp³-hybridized carbons (Fsp3) is 0.462. The molecular weight excluding hydrogens is 232 g/mol. The second kappa shape index (κ2) is 6.61. The maximum atomic E-state index is 11.5. The van der Waals surface area contributed by atoms with Crippen molar-refractivity contribution < 1.29 is 14.3 Å². The largest absolute Gasteiger partial charge is 0.444 e. The van der Waals surface area contributed by atoms with E-state index in [9.17, 15) is 9.59 Å². The van der Waals surface area contributed by atoms with Crippen molar-refractivity contribution in [2.24, 2.45) is 0 Å². The first-order valence-electron chi connectivity index (χ1n) is 5.85. The van der Waals surface area contributed by atoms with Crippen LogP contribution in [0.2, 0.25) is 0 Å². The molecule has 0 saturated heterocycles. The maximum absolute atomic E-state index is 11.5. The summed E-state index contributed by atoms with van der Waals surface area (Å²) in [6.07, 6.45) is 6.58. The molecule has 0 heterocycles. The third-order valence-electron chi connectivity index (χ3n) is 2.00. The molecule has 0 atom stereocenters. The average molecular weight is 251 g/mol. The molecule has 18 heavy (non-hydrogen) atoms. The minimum absolute atomic E-state index is 0.147. The van der Waals surface area contributed by atoms with Crippen LogP contribution in [0.15, 0.2) is 0 Å². The summed E-state index contributed by atoms with van der Waals surface area (Å²) in [7, 11) is 0. The molecule has 5 nitrogen and oxygen atoms in total. The molecule has 0 aromatic carbocycles. The molecule has 1 rings (SSSR count). The number of carbonyl (C=O) groups excluding carboxylic acids is 2. The minimum atomic E-state index is -0.511. The molecular formula is C13H19N2O3. The van der Waals surface area contributed by atoms with Crippen LogP contribution < -0.4 is 10.6 Å². The Bertz CT molecular complexity index is 291. The predicted octanol–water partition coefficient (Wildman–Crippen LogP) is 1.03. The van der Waals surface area contributed by atoms with Crippen LogP contribution in [-0.4, -0.2) is 30.7 Å².